The molecule has 0 aromatic heterocycles. The number of hydrogen-bond acceptors (Lipinski definition) is 4. The molecule has 0 radical (unpaired) electrons. The molecule has 0 heterocycles. The Morgan fingerprint density at radius 1 is 1.19 bits per heavy atom. The zero-order valence-electron chi connectivity index (χ0n) is 11.1. The minimum atomic E-state index is -1.22. The summed E-state index contributed by atoms with van der Waals surface area (Å²) in [6.07, 6.45) is 0.685. The van der Waals surface area contributed by atoms with Crippen molar-refractivity contribution in [3.8, 4) is 11.1 Å². The van der Waals surface area contributed by atoms with Crippen LogP contribution in [0.4, 0.5) is 5.69 Å². The highest BCUT2D eigenvalue weighted by atomic mass is 16.6. The van der Waals surface area contributed by atoms with Crippen molar-refractivity contribution in [2.75, 3.05) is 0 Å². The molecule has 0 amide bonds. The van der Waals surface area contributed by atoms with Crippen LogP contribution >= 0.6 is 0 Å². The van der Waals surface area contributed by atoms with Gasteiger partial charge in [-0.05, 0) is 24.1 Å². The fraction of sp³-hybridized carbons (Fsp3) is 0.0667. The second kappa shape index (κ2) is 5.54. The van der Waals surface area contributed by atoms with E-state index in [-0.39, 0.29) is 16.8 Å². The minimum Gasteiger partial charge on any atom is -0.478 e. The lowest BCUT2D eigenvalue weighted by molar-refractivity contribution is -0.385. The van der Waals surface area contributed by atoms with Crippen LogP contribution in [-0.2, 0) is 0 Å². The first-order valence-electron chi connectivity index (χ1n) is 6.02. The molecule has 0 fully saturated rings. The van der Waals surface area contributed by atoms with Crippen LogP contribution in [-0.4, -0.2) is 22.3 Å². The molecule has 2 rings (SSSR count). The molecule has 1 N–H and O–H groups in total. The van der Waals surface area contributed by atoms with E-state index in [1.54, 1.807) is 24.3 Å². The van der Waals surface area contributed by atoms with Crippen molar-refractivity contribution >= 4 is 17.9 Å². The number of aromatic carboxylic acids is 1. The van der Waals surface area contributed by atoms with Gasteiger partial charge in [0.15, 0.2) is 0 Å². The van der Waals surface area contributed by atoms with Crippen LogP contribution in [0.25, 0.3) is 11.1 Å². The van der Waals surface area contributed by atoms with Crippen molar-refractivity contribution in [2.24, 2.45) is 0 Å². The molecular formula is C15H11NO5. The highest BCUT2D eigenvalue weighted by molar-refractivity contribution is 5.93. The average molecular weight is 285 g/mol. The highest BCUT2D eigenvalue weighted by Gasteiger charge is 2.20. The molecule has 0 unspecified atom stereocenters. The van der Waals surface area contributed by atoms with Crippen molar-refractivity contribution in [3.05, 3.63) is 63.2 Å². The maximum atomic E-state index is 11.2. The molecule has 0 aliphatic rings. The Morgan fingerprint density at radius 2 is 1.81 bits per heavy atom. The fourth-order valence-electron chi connectivity index (χ4n) is 2.03. The Balaban J connectivity index is 2.65. The van der Waals surface area contributed by atoms with Gasteiger partial charge < -0.3 is 5.11 Å². The second-order valence-corrected chi connectivity index (χ2v) is 4.47. The van der Waals surface area contributed by atoms with Gasteiger partial charge in [0.05, 0.1) is 10.5 Å². The SMILES string of the molecule is Cc1c(C(=O)O)cc(-c2ccc(C=O)cc2)cc1[N+](=O)[O-]. The number of nitro groups is 1. The van der Waals surface area contributed by atoms with E-state index in [4.69, 9.17) is 5.11 Å². The maximum absolute atomic E-state index is 11.2. The molecule has 2 aromatic rings. The van der Waals surface area contributed by atoms with Crippen LogP contribution in [0.5, 0.6) is 0 Å². The Bertz CT molecular complexity index is 699. The summed E-state index contributed by atoms with van der Waals surface area (Å²) in [5.41, 5.74) is 1.25. The first kappa shape index (κ1) is 14.4. The summed E-state index contributed by atoms with van der Waals surface area (Å²) in [5.74, 6) is -1.22. The highest BCUT2D eigenvalue weighted by Crippen LogP contribution is 2.30. The number of carbonyl (C=O) groups excluding carboxylic acids is 1. The molecule has 6 nitrogen and oxygen atoms in total. The number of nitro benzene ring substituents is 1. The lowest BCUT2D eigenvalue weighted by atomic mass is 9.97. The van der Waals surface area contributed by atoms with E-state index < -0.39 is 10.9 Å². The number of rotatable bonds is 4. The van der Waals surface area contributed by atoms with Gasteiger partial charge in [-0.1, -0.05) is 24.3 Å². The Hall–Kier alpha value is -3.02. The molecular weight excluding hydrogens is 274 g/mol. The van der Waals surface area contributed by atoms with Crippen LogP contribution < -0.4 is 0 Å². The normalized spacial score (nSPS) is 10.1. The minimum absolute atomic E-state index is 0.112. The quantitative estimate of drug-likeness (QED) is 0.529. The number of carboxylic acids is 1. The molecule has 0 saturated heterocycles. The van der Waals surface area contributed by atoms with Gasteiger partial charge in [-0.2, -0.15) is 0 Å². The van der Waals surface area contributed by atoms with Crippen molar-refractivity contribution in [1.29, 1.82) is 0 Å². The molecule has 0 aliphatic heterocycles. The summed E-state index contributed by atoms with van der Waals surface area (Å²) in [5, 5.41) is 20.2. The number of carbonyl (C=O) groups is 2. The van der Waals surface area contributed by atoms with E-state index in [0.717, 1.165) is 0 Å². The lowest BCUT2D eigenvalue weighted by Gasteiger charge is -2.07. The monoisotopic (exact) mass is 285 g/mol. The Morgan fingerprint density at radius 3 is 2.29 bits per heavy atom. The summed E-state index contributed by atoms with van der Waals surface area (Å²) in [6.45, 7) is 1.40. The van der Waals surface area contributed by atoms with Crippen molar-refractivity contribution < 1.29 is 19.6 Å². The Kier molecular flexibility index (Phi) is 3.80. The smallest absolute Gasteiger partial charge is 0.336 e. The predicted octanol–water partition coefficient (Wildman–Crippen LogP) is 3.08. The van der Waals surface area contributed by atoms with Crippen LogP contribution in [0.15, 0.2) is 36.4 Å². The molecule has 0 atom stereocenters. The average Bonchev–Trinajstić information content (AvgIpc) is 2.47. The number of hydrogen-bond donors (Lipinski definition) is 1. The fourth-order valence-corrected chi connectivity index (χ4v) is 2.03. The van der Waals surface area contributed by atoms with Crippen LogP contribution in [0.1, 0.15) is 26.3 Å². The number of carboxylic acid groups (broad SMARTS) is 1. The molecule has 0 aliphatic carbocycles. The third kappa shape index (κ3) is 2.79. The van der Waals surface area contributed by atoms with Crippen molar-refractivity contribution in [1.82, 2.24) is 0 Å². The number of benzene rings is 2. The molecule has 6 heteroatoms. The first-order chi connectivity index (χ1) is 9.93. The van der Waals surface area contributed by atoms with E-state index in [2.05, 4.69) is 0 Å². The zero-order chi connectivity index (χ0) is 15.6. The van der Waals surface area contributed by atoms with Gasteiger partial charge in [0.25, 0.3) is 5.69 Å². The molecule has 2 aromatic carbocycles. The van der Waals surface area contributed by atoms with E-state index in [9.17, 15) is 19.7 Å². The van der Waals surface area contributed by atoms with Crippen LogP contribution in [0.2, 0.25) is 0 Å². The van der Waals surface area contributed by atoms with E-state index in [0.29, 0.717) is 23.0 Å². The van der Waals surface area contributed by atoms with Gasteiger partial charge in [-0.25, -0.2) is 4.79 Å². The van der Waals surface area contributed by atoms with Gasteiger partial charge in [0.1, 0.15) is 6.29 Å². The summed E-state index contributed by atoms with van der Waals surface area (Å²) >= 11 is 0. The summed E-state index contributed by atoms with van der Waals surface area (Å²) < 4.78 is 0. The maximum Gasteiger partial charge on any atom is 0.336 e. The molecule has 0 saturated carbocycles. The first-order valence-corrected chi connectivity index (χ1v) is 6.02. The van der Waals surface area contributed by atoms with Crippen molar-refractivity contribution in [3.63, 3.8) is 0 Å². The summed E-state index contributed by atoms with van der Waals surface area (Å²) in [7, 11) is 0. The van der Waals surface area contributed by atoms with Crippen LogP contribution in [0, 0.1) is 17.0 Å². The summed E-state index contributed by atoms with van der Waals surface area (Å²) in [6, 6.07) is 9.08. The third-order valence-electron chi connectivity index (χ3n) is 3.19. The van der Waals surface area contributed by atoms with E-state index in [1.807, 2.05) is 0 Å². The van der Waals surface area contributed by atoms with Crippen molar-refractivity contribution in [2.45, 2.75) is 6.92 Å². The standard InChI is InChI=1S/C15H11NO5/c1-9-13(15(18)19)6-12(7-14(9)16(20)21)11-4-2-10(8-17)3-5-11/h2-8H,1H3,(H,18,19). The van der Waals surface area contributed by atoms with E-state index >= 15 is 0 Å². The zero-order valence-corrected chi connectivity index (χ0v) is 11.1. The molecule has 0 bridgehead atoms. The molecule has 21 heavy (non-hydrogen) atoms. The van der Waals surface area contributed by atoms with E-state index in [1.165, 1.54) is 19.1 Å². The second-order valence-electron chi connectivity index (χ2n) is 4.47. The molecule has 106 valence electrons. The summed E-state index contributed by atoms with van der Waals surface area (Å²) in [4.78, 5) is 32.3. The lowest BCUT2D eigenvalue weighted by Crippen LogP contribution is -2.03. The van der Waals surface area contributed by atoms with Gasteiger partial charge in [-0.15, -0.1) is 0 Å². The van der Waals surface area contributed by atoms with Gasteiger partial charge >= 0.3 is 5.97 Å². The van der Waals surface area contributed by atoms with Gasteiger partial charge in [0, 0.05) is 17.2 Å². The van der Waals surface area contributed by atoms with Gasteiger partial charge in [-0.3, -0.25) is 14.9 Å². The van der Waals surface area contributed by atoms with Gasteiger partial charge in [0.2, 0.25) is 0 Å². The number of nitrogens with zero attached hydrogens (tertiary/aromatic N) is 1. The topological polar surface area (TPSA) is 97.5 Å². The van der Waals surface area contributed by atoms with Crippen LogP contribution in [0.3, 0.4) is 0 Å². The Labute approximate surface area is 119 Å². The molecule has 0 spiro atoms. The predicted molar refractivity (Wildman–Crippen MR) is 75.6 cm³/mol. The largest absolute Gasteiger partial charge is 0.478 e. The third-order valence-corrected chi connectivity index (χ3v) is 3.19. The number of aldehydes is 1.